The predicted molar refractivity (Wildman–Crippen MR) is 110 cm³/mol. The van der Waals surface area contributed by atoms with Gasteiger partial charge in [0.05, 0.1) is 5.56 Å². The predicted octanol–water partition coefficient (Wildman–Crippen LogP) is 5.19. The fourth-order valence-electron chi connectivity index (χ4n) is 3.01. The molecule has 0 aliphatic rings. The Morgan fingerprint density at radius 3 is 2.64 bits per heavy atom. The van der Waals surface area contributed by atoms with E-state index in [-0.39, 0.29) is 5.91 Å². The van der Waals surface area contributed by atoms with Crippen molar-refractivity contribution in [1.29, 1.82) is 0 Å². The number of oxazole rings is 1. The lowest BCUT2D eigenvalue weighted by atomic mass is 10.0. The highest BCUT2D eigenvalue weighted by Gasteiger charge is 2.10. The fraction of sp³-hybridized carbons (Fsp3) is 0.174. The number of nitrogens with one attached hydrogen (secondary N) is 1. The Balaban J connectivity index is 1.46. The molecule has 0 unspecified atom stereocenters. The smallest absolute Gasteiger partial charge is 0.257 e. The summed E-state index contributed by atoms with van der Waals surface area (Å²) < 4.78 is 5.87. The fourth-order valence-corrected chi connectivity index (χ4v) is 3.01. The van der Waals surface area contributed by atoms with Crippen LogP contribution in [0.4, 0.5) is 5.69 Å². The first-order chi connectivity index (χ1) is 13.6. The monoisotopic (exact) mass is 371 g/mol. The number of fused-ring (bicyclic) bond motifs is 1. The van der Waals surface area contributed by atoms with Gasteiger partial charge in [0.1, 0.15) is 5.52 Å². The van der Waals surface area contributed by atoms with Crippen molar-refractivity contribution in [2.75, 3.05) is 5.32 Å². The summed E-state index contributed by atoms with van der Waals surface area (Å²) >= 11 is 0. The van der Waals surface area contributed by atoms with Crippen molar-refractivity contribution >= 4 is 22.7 Å². The Morgan fingerprint density at radius 2 is 1.93 bits per heavy atom. The van der Waals surface area contributed by atoms with Gasteiger partial charge in [-0.25, -0.2) is 4.98 Å². The average molecular weight is 371 g/mol. The average Bonchev–Trinajstić information content (AvgIpc) is 3.11. The minimum Gasteiger partial charge on any atom is -0.440 e. The number of amides is 1. The van der Waals surface area contributed by atoms with E-state index in [2.05, 4.69) is 41.3 Å². The van der Waals surface area contributed by atoms with Gasteiger partial charge in [-0.15, -0.1) is 0 Å². The van der Waals surface area contributed by atoms with Crippen molar-refractivity contribution in [3.8, 4) is 0 Å². The lowest BCUT2D eigenvalue weighted by Gasteiger charge is -2.05. The summed E-state index contributed by atoms with van der Waals surface area (Å²) in [5.74, 6) is 0.961. The number of nitrogens with zero attached hydrogens (tertiary/aromatic N) is 2. The van der Waals surface area contributed by atoms with Crippen LogP contribution in [0, 0.1) is 0 Å². The van der Waals surface area contributed by atoms with Crippen molar-refractivity contribution < 1.29 is 9.21 Å². The molecule has 2 aromatic heterocycles. The molecule has 5 heteroatoms. The Hall–Kier alpha value is -3.47. The number of hydrogen-bond acceptors (Lipinski definition) is 4. The van der Waals surface area contributed by atoms with Crippen LogP contribution in [-0.4, -0.2) is 15.9 Å². The maximum atomic E-state index is 12.2. The summed E-state index contributed by atoms with van der Waals surface area (Å²) in [5.41, 5.74) is 5.27. The highest BCUT2D eigenvalue weighted by Crippen LogP contribution is 2.23. The second kappa shape index (κ2) is 7.64. The molecule has 4 rings (SSSR count). The maximum absolute atomic E-state index is 12.2. The number of benzene rings is 2. The Kier molecular flexibility index (Phi) is 4.89. The van der Waals surface area contributed by atoms with Crippen LogP contribution >= 0.6 is 0 Å². The number of carbonyl (C=O) groups excluding carboxylic acids is 1. The number of pyridine rings is 1. The van der Waals surface area contributed by atoms with E-state index in [9.17, 15) is 4.79 Å². The molecule has 2 aromatic carbocycles. The molecule has 5 nitrogen and oxygen atoms in total. The van der Waals surface area contributed by atoms with Gasteiger partial charge in [-0.2, -0.15) is 0 Å². The van der Waals surface area contributed by atoms with E-state index in [0.29, 0.717) is 23.8 Å². The molecule has 1 N–H and O–H groups in total. The molecule has 0 saturated carbocycles. The van der Waals surface area contributed by atoms with Crippen LogP contribution in [0.5, 0.6) is 0 Å². The van der Waals surface area contributed by atoms with Crippen LogP contribution < -0.4 is 5.32 Å². The SMILES string of the molecule is CC(C)c1ccc2oc(Cc3ccc(NC(=O)c4cccnc4)cc3)nc2c1. The van der Waals surface area contributed by atoms with Crippen molar-refractivity contribution in [3.05, 3.63) is 89.6 Å². The first-order valence-electron chi connectivity index (χ1n) is 9.28. The van der Waals surface area contributed by atoms with Gasteiger partial charge in [0, 0.05) is 24.5 Å². The molecule has 0 radical (unpaired) electrons. The largest absolute Gasteiger partial charge is 0.440 e. The standard InChI is InChI=1S/C23H21N3O2/c1-15(2)17-7-10-21-20(13-17)26-22(28-21)12-16-5-8-19(9-6-16)25-23(27)18-4-3-11-24-14-18/h3-11,13-15H,12H2,1-2H3,(H,25,27). The van der Waals surface area contributed by atoms with Gasteiger partial charge in [0.2, 0.25) is 0 Å². The zero-order valence-electron chi connectivity index (χ0n) is 15.8. The molecule has 28 heavy (non-hydrogen) atoms. The van der Waals surface area contributed by atoms with Crippen molar-refractivity contribution in [3.63, 3.8) is 0 Å². The van der Waals surface area contributed by atoms with Gasteiger partial charge in [0.15, 0.2) is 11.5 Å². The van der Waals surface area contributed by atoms with Gasteiger partial charge >= 0.3 is 0 Å². The van der Waals surface area contributed by atoms with Crippen LogP contribution in [0.15, 0.2) is 71.4 Å². The van der Waals surface area contributed by atoms with E-state index >= 15 is 0 Å². The van der Waals surface area contributed by atoms with Crippen molar-refractivity contribution in [2.45, 2.75) is 26.2 Å². The number of aromatic nitrogens is 2. The van der Waals surface area contributed by atoms with Crippen LogP contribution in [0.1, 0.15) is 47.1 Å². The molecular weight excluding hydrogens is 350 g/mol. The lowest BCUT2D eigenvalue weighted by Crippen LogP contribution is -2.11. The van der Waals surface area contributed by atoms with E-state index in [4.69, 9.17) is 4.42 Å². The minimum atomic E-state index is -0.180. The Labute approximate surface area is 163 Å². The van der Waals surface area contributed by atoms with Crippen LogP contribution in [0.2, 0.25) is 0 Å². The molecule has 4 aromatic rings. The summed E-state index contributed by atoms with van der Waals surface area (Å²) in [6.07, 6.45) is 3.78. The number of anilines is 1. The number of carbonyl (C=O) groups is 1. The highest BCUT2D eigenvalue weighted by molar-refractivity contribution is 6.04. The molecule has 1 amide bonds. The summed E-state index contributed by atoms with van der Waals surface area (Å²) in [7, 11) is 0. The molecular formula is C23H21N3O2. The van der Waals surface area contributed by atoms with Crippen LogP contribution in [-0.2, 0) is 6.42 Å². The quantitative estimate of drug-likeness (QED) is 0.524. The zero-order chi connectivity index (χ0) is 19.5. The molecule has 0 spiro atoms. The van der Waals surface area contributed by atoms with E-state index in [1.807, 2.05) is 30.3 Å². The number of hydrogen-bond donors (Lipinski definition) is 1. The highest BCUT2D eigenvalue weighted by atomic mass is 16.3. The molecule has 2 heterocycles. The second-order valence-electron chi connectivity index (χ2n) is 7.06. The summed E-state index contributed by atoms with van der Waals surface area (Å²) in [6, 6.07) is 17.3. The van der Waals surface area contributed by atoms with Crippen molar-refractivity contribution in [1.82, 2.24) is 9.97 Å². The molecule has 0 fully saturated rings. The lowest BCUT2D eigenvalue weighted by molar-refractivity contribution is 0.102. The topological polar surface area (TPSA) is 68.0 Å². The van der Waals surface area contributed by atoms with Gasteiger partial charge in [-0.05, 0) is 53.4 Å². The molecule has 0 atom stereocenters. The molecule has 0 saturated heterocycles. The first kappa shape index (κ1) is 17.9. The molecule has 0 aliphatic carbocycles. The van der Waals surface area contributed by atoms with E-state index < -0.39 is 0 Å². The van der Waals surface area contributed by atoms with E-state index in [1.165, 1.54) is 5.56 Å². The van der Waals surface area contributed by atoms with E-state index in [0.717, 1.165) is 22.4 Å². The number of rotatable bonds is 5. The Bertz CT molecular complexity index is 1100. The third kappa shape index (κ3) is 3.93. The Morgan fingerprint density at radius 1 is 1.11 bits per heavy atom. The third-order valence-corrected chi connectivity index (χ3v) is 4.61. The van der Waals surface area contributed by atoms with Gasteiger partial charge in [-0.3, -0.25) is 9.78 Å². The van der Waals surface area contributed by atoms with Gasteiger partial charge in [-0.1, -0.05) is 32.0 Å². The minimum absolute atomic E-state index is 0.180. The summed E-state index contributed by atoms with van der Waals surface area (Å²) in [4.78, 5) is 20.8. The van der Waals surface area contributed by atoms with Gasteiger partial charge < -0.3 is 9.73 Å². The van der Waals surface area contributed by atoms with Crippen LogP contribution in [0.3, 0.4) is 0 Å². The summed E-state index contributed by atoms with van der Waals surface area (Å²) in [5, 5.41) is 2.87. The zero-order valence-corrected chi connectivity index (χ0v) is 15.8. The first-order valence-corrected chi connectivity index (χ1v) is 9.28. The van der Waals surface area contributed by atoms with Gasteiger partial charge in [0.25, 0.3) is 5.91 Å². The molecule has 0 bridgehead atoms. The van der Waals surface area contributed by atoms with Crippen LogP contribution in [0.25, 0.3) is 11.1 Å². The molecule has 0 aliphatic heterocycles. The normalized spacial score (nSPS) is 11.1. The van der Waals surface area contributed by atoms with E-state index in [1.54, 1.807) is 24.5 Å². The summed E-state index contributed by atoms with van der Waals surface area (Å²) in [6.45, 7) is 4.33. The third-order valence-electron chi connectivity index (χ3n) is 4.61. The molecule has 140 valence electrons. The van der Waals surface area contributed by atoms with Crippen molar-refractivity contribution in [2.24, 2.45) is 0 Å². The second-order valence-corrected chi connectivity index (χ2v) is 7.06. The maximum Gasteiger partial charge on any atom is 0.257 e.